The van der Waals surface area contributed by atoms with Crippen LogP contribution in [0.25, 0.3) is 0 Å². The van der Waals surface area contributed by atoms with Gasteiger partial charge in [-0.05, 0) is 42.9 Å². The van der Waals surface area contributed by atoms with Crippen molar-refractivity contribution < 1.29 is 14.3 Å². The maximum absolute atomic E-state index is 11.4. The van der Waals surface area contributed by atoms with E-state index in [2.05, 4.69) is 12.1 Å². The second-order valence-corrected chi connectivity index (χ2v) is 4.75. The van der Waals surface area contributed by atoms with Crippen molar-refractivity contribution in [2.24, 2.45) is 0 Å². The summed E-state index contributed by atoms with van der Waals surface area (Å²) in [6.45, 7) is 0. The van der Waals surface area contributed by atoms with E-state index in [0.29, 0.717) is 0 Å². The Labute approximate surface area is 108 Å². The van der Waals surface area contributed by atoms with Crippen molar-refractivity contribution in [1.29, 1.82) is 0 Å². The molecule has 2 rings (SSSR count). The molecule has 0 saturated carbocycles. The van der Waals surface area contributed by atoms with E-state index in [4.69, 9.17) is 9.47 Å². The molecule has 0 unspecified atom stereocenters. The number of ether oxygens (including phenoxy) is 2. The number of carbonyl (C=O) groups is 1. The molecule has 0 saturated heterocycles. The van der Waals surface area contributed by atoms with Gasteiger partial charge >= 0.3 is 5.97 Å². The molecule has 1 aromatic rings. The molecular formula is C15H20O3. The number of carbonyl (C=O) groups excluding carboxylic acids is 1. The van der Waals surface area contributed by atoms with Crippen LogP contribution < -0.4 is 4.74 Å². The summed E-state index contributed by atoms with van der Waals surface area (Å²) in [6, 6.07) is 4.22. The van der Waals surface area contributed by atoms with Crippen LogP contribution in [0.3, 0.4) is 0 Å². The van der Waals surface area contributed by atoms with Gasteiger partial charge in [-0.1, -0.05) is 12.5 Å². The van der Waals surface area contributed by atoms with Crippen LogP contribution in [0.2, 0.25) is 0 Å². The lowest BCUT2D eigenvalue weighted by atomic mass is 9.97. The molecule has 0 heterocycles. The van der Waals surface area contributed by atoms with Crippen LogP contribution >= 0.6 is 0 Å². The first kappa shape index (κ1) is 12.9. The van der Waals surface area contributed by atoms with Crippen LogP contribution in [0.5, 0.6) is 5.75 Å². The molecule has 0 radical (unpaired) electrons. The van der Waals surface area contributed by atoms with Gasteiger partial charge < -0.3 is 9.47 Å². The highest BCUT2D eigenvalue weighted by atomic mass is 16.5. The van der Waals surface area contributed by atoms with E-state index in [1.807, 2.05) is 0 Å². The minimum Gasteiger partial charge on any atom is -0.496 e. The van der Waals surface area contributed by atoms with E-state index in [1.165, 1.54) is 37.5 Å². The Hall–Kier alpha value is -1.51. The fourth-order valence-electron chi connectivity index (χ4n) is 2.55. The van der Waals surface area contributed by atoms with Crippen LogP contribution in [0.15, 0.2) is 12.1 Å². The normalized spacial score (nSPS) is 14.6. The molecule has 0 N–H and O–H groups in total. The first-order chi connectivity index (χ1) is 8.74. The number of aryl methyl sites for hydroxylation is 2. The van der Waals surface area contributed by atoms with Crippen molar-refractivity contribution in [2.75, 3.05) is 14.2 Å². The van der Waals surface area contributed by atoms with Crippen LogP contribution in [-0.2, 0) is 28.8 Å². The highest BCUT2D eigenvalue weighted by Crippen LogP contribution is 2.29. The zero-order chi connectivity index (χ0) is 13.0. The lowest BCUT2D eigenvalue weighted by Gasteiger charge is -2.13. The van der Waals surface area contributed by atoms with Crippen LogP contribution in [0.1, 0.15) is 36.0 Å². The zero-order valence-electron chi connectivity index (χ0n) is 11.1. The van der Waals surface area contributed by atoms with Crippen molar-refractivity contribution in [3.8, 4) is 5.75 Å². The molecule has 1 aliphatic carbocycles. The Bertz CT molecular complexity index is 438. The molecule has 0 bridgehead atoms. The minimum atomic E-state index is -0.220. The molecule has 0 amide bonds. The topological polar surface area (TPSA) is 35.5 Å². The zero-order valence-corrected chi connectivity index (χ0v) is 11.1. The molecule has 0 atom stereocenters. The summed E-state index contributed by atoms with van der Waals surface area (Å²) in [5, 5.41) is 0. The minimum absolute atomic E-state index is 0.220. The largest absolute Gasteiger partial charge is 0.496 e. The number of benzene rings is 1. The molecule has 0 spiro atoms. The van der Waals surface area contributed by atoms with Gasteiger partial charge in [0.15, 0.2) is 0 Å². The predicted octanol–water partition coefficient (Wildman–Crippen LogP) is 2.68. The highest BCUT2D eigenvalue weighted by Gasteiger charge is 2.15. The van der Waals surface area contributed by atoms with Crippen LogP contribution in [0, 0.1) is 0 Å². The predicted molar refractivity (Wildman–Crippen MR) is 70.0 cm³/mol. The number of rotatable bonds is 3. The first-order valence-corrected chi connectivity index (χ1v) is 6.50. The lowest BCUT2D eigenvalue weighted by Crippen LogP contribution is -2.07. The Morgan fingerprint density at radius 1 is 1.11 bits per heavy atom. The summed E-state index contributed by atoms with van der Waals surface area (Å²) in [7, 11) is 3.07. The van der Waals surface area contributed by atoms with Crippen LogP contribution in [0.4, 0.5) is 0 Å². The Kier molecular flexibility index (Phi) is 4.24. The molecular weight excluding hydrogens is 228 g/mol. The molecule has 0 aromatic heterocycles. The molecule has 18 heavy (non-hydrogen) atoms. The second kappa shape index (κ2) is 5.89. The number of methoxy groups -OCH3 is 2. The van der Waals surface area contributed by atoms with Gasteiger partial charge in [-0.3, -0.25) is 4.79 Å². The van der Waals surface area contributed by atoms with E-state index in [9.17, 15) is 4.79 Å². The van der Waals surface area contributed by atoms with Gasteiger partial charge in [0.25, 0.3) is 0 Å². The molecule has 1 aromatic carbocycles. The van der Waals surface area contributed by atoms with Crippen molar-refractivity contribution in [2.45, 2.75) is 38.5 Å². The highest BCUT2D eigenvalue weighted by molar-refractivity contribution is 5.73. The van der Waals surface area contributed by atoms with Gasteiger partial charge in [-0.15, -0.1) is 0 Å². The average molecular weight is 248 g/mol. The molecule has 1 aliphatic rings. The van der Waals surface area contributed by atoms with Gasteiger partial charge in [0.05, 0.1) is 20.6 Å². The molecule has 0 aliphatic heterocycles. The fraction of sp³-hybridized carbons (Fsp3) is 0.533. The van der Waals surface area contributed by atoms with Gasteiger partial charge in [0.2, 0.25) is 0 Å². The Balaban J connectivity index is 2.33. The van der Waals surface area contributed by atoms with Crippen molar-refractivity contribution in [3.05, 3.63) is 28.8 Å². The van der Waals surface area contributed by atoms with Crippen molar-refractivity contribution in [1.82, 2.24) is 0 Å². The van der Waals surface area contributed by atoms with E-state index < -0.39 is 0 Å². The number of hydrogen-bond donors (Lipinski definition) is 0. The third-order valence-electron chi connectivity index (χ3n) is 3.56. The standard InChI is InChI=1S/C15H20O3/c1-17-14-9-12-7-5-3-4-6-11(12)8-13(14)10-15(16)18-2/h8-9H,3-7,10H2,1-2H3. The van der Waals surface area contributed by atoms with Crippen LogP contribution in [-0.4, -0.2) is 20.2 Å². The number of esters is 1. The first-order valence-electron chi connectivity index (χ1n) is 6.50. The summed E-state index contributed by atoms with van der Waals surface area (Å²) < 4.78 is 10.1. The van der Waals surface area contributed by atoms with Gasteiger partial charge in [0, 0.05) is 5.56 Å². The van der Waals surface area contributed by atoms with Gasteiger partial charge in [-0.2, -0.15) is 0 Å². The fourth-order valence-corrected chi connectivity index (χ4v) is 2.55. The summed E-state index contributed by atoms with van der Waals surface area (Å²) in [4.78, 5) is 11.4. The summed E-state index contributed by atoms with van der Waals surface area (Å²) >= 11 is 0. The number of fused-ring (bicyclic) bond motifs is 1. The molecule has 3 nitrogen and oxygen atoms in total. The van der Waals surface area contributed by atoms with Crippen molar-refractivity contribution in [3.63, 3.8) is 0 Å². The maximum atomic E-state index is 11.4. The lowest BCUT2D eigenvalue weighted by molar-refractivity contribution is -0.139. The molecule has 98 valence electrons. The van der Waals surface area contributed by atoms with E-state index in [0.717, 1.165) is 24.2 Å². The van der Waals surface area contributed by atoms with E-state index in [1.54, 1.807) is 7.11 Å². The maximum Gasteiger partial charge on any atom is 0.310 e. The van der Waals surface area contributed by atoms with E-state index >= 15 is 0 Å². The quantitative estimate of drug-likeness (QED) is 0.609. The number of hydrogen-bond acceptors (Lipinski definition) is 3. The smallest absolute Gasteiger partial charge is 0.310 e. The third kappa shape index (κ3) is 2.84. The van der Waals surface area contributed by atoms with Gasteiger partial charge in [0.1, 0.15) is 5.75 Å². The summed E-state index contributed by atoms with van der Waals surface area (Å²) in [5.41, 5.74) is 3.68. The van der Waals surface area contributed by atoms with Gasteiger partial charge in [-0.25, -0.2) is 0 Å². The molecule has 3 heteroatoms. The summed E-state index contributed by atoms with van der Waals surface area (Å²) in [6.07, 6.45) is 6.26. The Morgan fingerprint density at radius 3 is 2.39 bits per heavy atom. The Morgan fingerprint density at radius 2 is 1.78 bits per heavy atom. The van der Waals surface area contributed by atoms with E-state index in [-0.39, 0.29) is 12.4 Å². The van der Waals surface area contributed by atoms with Crippen molar-refractivity contribution >= 4 is 5.97 Å². The average Bonchev–Trinajstić information content (AvgIpc) is 2.62. The SMILES string of the molecule is COC(=O)Cc1cc2c(cc1OC)CCCCC2. The third-order valence-corrected chi connectivity index (χ3v) is 3.56. The monoisotopic (exact) mass is 248 g/mol. The second-order valence-electron chi connectivity index (χ2n) is 4.75. The molecule has 0 fully saturated rings. The summed E-state index contributed by atoms with van der Waals surface area (Å²) in [5.74, 6) is 0.586.